The van der Waals surface area contributed by atoms with E-state index in [9.17, 15) is 4.79 Å². The van der Waals surface area contributed by atoms with E-state index in [1.165, 1.54) is 11.3 Å². The Morgan fingerprint density at radius 3 is 2.27 bits per heavy atom. The molecule has 0 aliphatic carbocycles. The summed E-state index contributed by atoms with van der Waals surface area (Å²) in [7, 11) is 0. The number of hydrogen-bond acceptors (Lipinski definition) is 2. The molecule has 0 N–H and O–H groups in total. The summed E-state index contributed by atoms with van der Waals surface area (Å²) in [6, 6.07) is 1.89. The molecule has 1 nitrogen and oxygen atoms in total. The van der Waals surface area contributed by atoms with E-state index in [4.69, 9.17) is 0 Å². The van der Waals surface area contributed by atoms with Gasteiger partial charge in [-0.3, -0.25) is 4.79 Å². The van der Waals surface area contributed by atoms with E-state index >= 15 is 0 Å². The van der Waals surface area contributed by atoms with Crippen LogP contribution in [-0.2, 0) is 0 Å². The van der Waals surface area contributed by atoms with Gasteiger partial charge in [-0.1, -0.05) is 27.7 Å². The van der Waals surface area contributed by atoms with Crippen LogP contribution >= 0.6 is 43.2 Å². The van der Waals surface area contributed by atoms with Gasteiger partial charge in [-0.2, -0.15) is 0 Å². The molecule has 0 aliphatic rings. The molecule has 0 spiro atoms. The third kappa shape index (κ3) is 3.14. The van der Waals surface area contributed by atoms with Crippen LogP contribution in [0.1, 0.15) is 37.4 Å². The van der Waals surface area contributed by atoms with Gasteiger partial charge in [-0.15, -0.1) is 11.3 Å². The molecule has 0 aromatic carbocycles. The van der Waals surface area contributed by atoms with Crippen LogP contribution in [0.2, 0.25) is 0 Å². The summed E-state index contributed by atoms with van der Waals surface area (Å²) in [4.78, 5) is 12.9. The monoisotopic (exact) mass is 352 g/mol. The zero-order valence-electron chi connectivity index (χ0n) is 9.23. The molecular formula is C11H14Br2OS. The summed E-state index contributed by atoms with van der Waals surface area (Å²) >= 11 is 8.29. The number of carbonyl (C=O) groups is 1. The average Bonchev–Trinajstić information content (AvgIpc) is 2.43. The molecule has 1 atom stereocenters. The minimum Gasteiger partial charge on any atom is -0.293 e. The van der Waals surface area contributed by atoms with E-state index < -0.39 is 0 Å². The van der Waals surface area contributed by atoms with Crippen LogP contribution in [0.5, 0.6) is 0 Å². The van der Waals surface area contributed by atoms with Crippen LogP contribution < -0.4 is 0 Å². The van der Waals surface area contributed by atoms with Gasteiger partial charge in [0, 0.05) is 10.4 Å². The van der Waals surface area contributed by atoms with Crippen molar-refractivity contribution in [3.05, 3.63) is 19.2 Å². The maximum Gasteiger partial charge on any atom is 0.176 e. The molecule has 0 saturated carbocycles. The summed E-state index contributed by atoms with van der Waals surface area (Å²) < 4.78 is 1.93. The Hall–Kier alpha value is 0.330. The highest BCUT2D eigenvalue weighted by molar-refractivity contribution is 9.13. The van der Waals surface area contributed by atoms with Crippen molar-refractivity contribution >= 4 is 49.0 Å². The van der Waals surface area contributed by atoms with Crippen LogP contribution in [0.4, 0.5) is 0 Å². The summed E-state index contributed by atoms with van der Waals surface area (Å²) in [6.45, 7) is 8.26. The van der Waals surface area contributed by atoms with Crippen LogP contribution in [-0.4, -0.2) is 5.78 Å². The van der Waals surface area contributed by atoms with Gasteiger partial charge in [0.1, 0.15) is 0 Å². The third-order valence-corrected chi connectivity index (χ3v) is 5.85. The quantitative estimate of drug-likeness (QED) is 0.673. The Bertz CT molecular complexity index is 357. The van der Waals surface area contributed by atoms with Gasteiger partial charge >= 0.3 is 0 Å². The van der Waals surface area contributed by atoms with Crippen LogP contribution in [0.15, 0.2) is 14.3 Å². The Morgan fingerprint density at radius 1 is 1.40 bits per heavy atom. The molecule has 4 heteroatoms. The van der Waals surface area contributed by atoms with Gasteiger partial charge in [0.25, 0.3) is 0 Å². The lowest BCUT2D eigenvalue weighted by Gasteiger charge is -2.25. The number of carbonyl (C=O) groups excluding carboxylic acids is 1. The van der Waals surface area contributed by atoms with E-state index in [-0.39, 0.29) is 17.1 Å². The fraction of sp³-hybridized carbons (Fsp3) is 0.545. The first-order chi connectivity index (χ1) is 6.73. The molecule has 1 heterocycles. The van der Waals surface area contributed by atoms with E-state index in [0.29, 0.717) is 0 Å². The van der Waals surface area contributed by atoms with Crippen LogP contribution in [0, 0.1) is 11.3 Å². The lowest BCUT2D eigenvalue weighted by atomic mass is 9.79. The first-order valence-corrected chi connectivity index (χ1v) is 7.12. The molecule has 0 aliphatic heterocycles. The van der Waals surface area contributed by atoms with Crippen molar-refractivity contribution in [3.63, 3.8) is 0 Å². The third-order valence-electron chi connectivity index (χ3n) is 2.58. The molecule has 15 heavy (non-hydrogen) atoms. The topological polar surface area (TPSA) is 17.1 Å². The number of ketones is 1. The van der Waals surface area contributed by atoms with E-state index in [0.717, 1.165) is 13.1 Å². The Labute approximate surface area is 112 Å². The molecule has 1 aromatic heterocycles. The maximum absolute atomic E-state index is 12.1. The standard InChI is InChI=1S/C11H14Br2OS/c1-6(11(2,3)4)9(14)8-5-7(12)10(13)15-8/h5-6H,1-4H3. The molecule has 1 aromatic rings. The molecule has 0 amide bonds. The van der Waals surface area contributed by atoms with Crippen molar-refractivity contribution in [1.82, 2.24) is 0 Å². The normalized spacial score (nSPS) is 14.0. The molecule has 1 unspecified atom stereocenters. The zero-order chi connectivity index (χ0) is 11.8. The number of halogens is 2. The fourth-order valence-corrected chi connectivity index (χ4v) is 3.14. The second kappa shape index (κ2) is 4.68. The maximum atomic E-state index is 12.1. The summed E-state index contributed by atoms with van der Waals surface area (Å²) in [5.74, 6) is 0.258. The predicted octanol–water partition coefficient (Wildman–Crippen LogP) is 5.14. The van der Waals surface area contributed by atoms with Gasteiger partial charge in [0.2, 0.25) is 0 Å². The van der Waals surface area contributed by atoms with E-state index in [1.807, 2.05) is 13.0 Å². The van der Waals surface area contributed by atoms with Crippen molar-refractivity contribution < 1.29 is 4.79 Å². The van der Waals surface area contributed by atoms with Crippen molar-refractivity contribution in [2.75, 3.05) is 0 Å². The summed E-state index contributed by atoms with van der Waals surface area (Å²) in [6.07, 6.45) is 0. The van der Waals surface area contributed by atoms with Crippen LogP contribution in [0.3, 0.4) is 0 Å². The Morgan fingerprint density at radius 2 is 1.93 bits per heavy atom. The number of Topliss-reactive ketones (excluding diaryl/α,β-unsaturated/α-hetero) is 1. The molecule has 84 valence electrons. The smallest absolute Gasteiger partial charge is 0.176 e. The molecule has 0 fully saturated rings. The minimum absolute atomic E-state index is 0.0139. The largest absolute Gasteiger partial charge is 0.293 e. The van der Waals surface area contributed by atoms with Gasteiger partial charge in [0.15, 0.2) is 5.78 Å². The van der Waals surface area contributed by atoms with E-state index in [1.54, 1.807) is 0 Å². The lowest BCUT2D eigenvalue weighted by molar-refractivity contribution is 0.0844. The molecule has 0 saturated heterocycles. The van der Waals surface area contributed by atoms with Crippen LogP contribution in [0.25, 0.3) is 0 Å². The van der Waals surface area contributed by atoms with E-state index in [2.05, 4.69) is 52.6 Å². The second-order valence-electron chi connectivity index (χ2n) is 4.68. The van der Waals surface area contributed by atoms with Crippen molar-refractivity contribution in [3.8, 4) is 0 Å². The van der Waals surface area contributed by atoms with Gasteiger partial charge < -0.3 is 0 Å². The highest BCUT2D eigenvalue weighted by Gasteiger charge is 2.28. The van der Waals surface area contributed by atoms with Gasteiger partial charge in [0.05, 0.1) is 8.66 Å². The first-order valence-electron chi connectivity index (χ1n) is 4.72. The summed E-state index contributed by atoms with van der Waals surface area (Å²) in [5.41, 5.74) is 0.0139. The van der Waals surface area contributed by atoms with Gasteiger partial charge in [-0.25, -0.2) is 0 Å². The van der Waals surface area contributed by atoms with Gasteiger partial charge in [-0.05, 0) is 43.3 Å². The van der Waals surface area contributed by atoms with Crippen molar-refractivity contribution in [1.29, 1.82) is 0 Å². The lowest BCUT2D eigenvalue weighted by Crippen LogP contribution is -2.25. The van der Waals surface area contributed by atoms with Crippen molar-refractivity contribution in [2.45, 2.75) is 27.7 Å². The molecule has 1 rings (SSSR count). The Kier molecular flexibility index (Phi) is 4.18. The summed E-state index contributed by atoms with van der Waals surface area (Å²) in [5, 5.41) is 0. The SMILES string of the molecule is CC(C(=O)c1cc(Br)c(Br)s1)C(C)(C)C. The second-order valence-corrected chi connectivity index (χ2v) is 7.91. The number of thiophene rings is 1. The average molecular weight is 354 g/mol. The molecular weight excluding hydrogens is 340 g/mol. The number of hydrogen-bond donors (Lipinski definition) is 0. The fourth-order valence-electron chi connectivity index (χ4n) is 1.07. The highest BCUT2D eigenvalue weighted by Crippen LogP contribution is 2.36. The first kappa shape index (κ1) is 13.4. The highest BCUT2D eigenvalue weighted by atomic mass is 79.9. The minimum atomic E-state index is 0.0139. The molecule has 0 bridgehead atoms. The van der Waals surface area contributed by atoms with Crippen molar-refractivity contribution in [2.24, 2.45) is 11.3 Å². The number of rotatable bonds is 2. The predicted molar refractivity (Wildman–Crippen MR) is 72.7 cm³/mol. The molecule has 0 radical (unpaired) electrons. The zero-order valence-corrected chi connectivity index (χ0v) is 13.2. The Balaban J connectivity index is 2.95.